The summed E-state index contributed by atoms with van der Waals surface area (Å²) in [5.41, 5.74) is 0.290. The minimum Gasteiger partial charge on any atom is -0.494 e. The molecule has 0 aliphatic heterocycles. The lowest BCUT2D eigenvalue weighted by Crippen LogP contribution is -2.35. The van der Waals surface area contributed by atoms with Crippen LogP contribution in [0.5, 0.6) is 5.75 Å². The van der Waals surface area contributed by atoms with Gasteiger partial charge >= 0.3 is 0 Å². The van der Waals surface area contributed by atoms with E-state index in [0.29, 0.717) is 39.9 Å². The Hall–Kier alpha value is -4.35. The number of hydrogen-bond donors (Lipinski definition) is 1. The molecule has 3 atom stereocenters. The summed E-state index contributed by atoms with van der Waals surface area (Å²) in [6, 6.07) is 12.5. The van der Waals surface area contributed by atoms with Gasteiger partial charge in [-0.2, -0.15) is 13.9 Å². The van der Waals surface area contributed by atoms with E-state index in [9.17, 15) is 22.4 Å². The minimum absolute atomic E-state index is 0.0951. The zero-order chi connectivity index (χ0) is 30.5. The van der Waals surface area contributed by atoms with Crippen LogP contribution in [-0.4, -0.2) is 27.3 Å². The summed E-state index contributed by atoms with van der Waals surface area (Å²) in [5, 5.41) is 6.45. The Kier molecular flexibility index (Phi) is 7.39. The molecular weight excluding hydrogens is 574 g/mol. The lowest BCUT2D eigenvalue weighted by Gasteiger charge is -2.22. The third kappa shape index (κ3) is 5.46. The number of pyridine rings is 1. The molecule has 12 heteroatoms. The Morgan fingerprint density at radius 1 is 1.09 bits per heavy atom. The second-order valence-corrected chi connectivity index (χ2v) is 10.7. The summed E-state index contributed by atoms with van der Waals surface area (Å²) in [5.74, 6) is -6.98. The molecule has 2 aliphatic rings. The van der Waals surface area contributed by atoms with Crippen molar-refractivity contribution in [3.8, 4) is 16.9 Å². The molecule has 1 amide bonds. The molecule has 1 N–H and O–H groups in total. The molecule has 6 rings (SSSR count). The number of rotatable bonds is 10. The predicted molar refractivity (Wildman–Crippen MR) is 144 cm³/mol. The highest BCUT2D eigenvalue weighted by Crippen LogP contribution is 2.68. The molecule has 0 spiro atoms. The first-order chi connectivity index (χ1) is 20.6. The highest BCUT2D eigenvalue weighted by molar-refractivity contribution is 5.77. The Balaban J connectivity index is 1.34. The zero-order valence-electron chi connectivity index (χ0n) is 22.8. The first kappa shape index (κ1) is 28.8. The number of hydrogen-bond acceptors (Lipinski definition) is 4. The Morgan fingerprint density at radius 3 is 2.49 bits per heavy atom. The van der Waals surface area contributed by atoms with Gasteiger partial charge in [0.25, 0.3) is 12.3 Å². The van der Waals surface area contributed by atoms with Gasteiger partial charge in [-0.25, -0.2) is 17.6 Å². The molecule has 2 aliphatic carbocycles. The van der Waals surface area contributed by atoms with Gasteiger partial charge in [0.1, 0.15) is 35.3 Å². The van der Waals surface area contributed by atoms with Gasteiger partial charge in [-0.05, 0) is 67.1 Å². The van der Waals surface area contributed by atoms with E-state index in [0.717, 1.165) is 12.1 Å². The van der Waals surface area contributed by atoms with Crippen molar-refractivity contribution >= 4 is 5.91 Å². The van der Waals surface area contributed by atoms with Crippen molar-refractivity contribution < 1.29 is 35.9 Å². The van der Waals surface area contributed by atoms with E-state index in [-0.39, 0.29) is 24.0 Å². The number of amides is 1. The number of alkyl halides is 4. The lowest BCUT2D eigenvalue weighted by molar-refractivity contribution is -0.123. The Labute approximate surface area is 242 Å². The van der Waals surface area contributed by atoms with Gasteiger partial charge in [0.15, 0.2) is 0 Å². The van der Waals surface area contributed by atoms with Crippen LogP contribution in [0.2, 0.25) is 0 Å². The maximum Gasteiger partial charge on any atom is 0.293 e. The molecule has 1 fully saturated rings. The minimum atomic E-state index is -3.39. The molecule has 4 aromatic rings. The van der Waals surface area contributed by atoms with Gasteiger partial charge < -0.3 is 10.1 Å². The normalized spacial score (nSPS) is 18.7. The number of nitrogens with one attached hydrogen (secondary N) is 1. The van der Waals surface area contributed by atoms with Crippen molar-refractivity contribution in [2.24, 2.45) is 5.92 Å². The maximum atomic E-state index is 15.0. The van der Waals surface area contributed by atoms with Crippen LogP contribution in [0.25, 0.3) is 11.1 Å². The number of fused-ring (bicyclic) bond motifs is 3. The summed E-state index contributed by atoms with van der Waals surface area (Å²) in [6.07, 6.45) is -1.60. The van der Waals surface area contributed by atoms with Crippen LogP contribution >= 0.6 is 0 Å². The second kappa shape index (κ2) is 11.1. The van der Waals surface area contributed by atoms with Crippen molar-refractivity contribution in [1.82, 2.24) is 20.1 Å². The molecule has 43 heavy (non-hydrogen) atoms. The molecule has 2 aromatic carbocycles. The number of carbonyl (C=O) groups excluding carboxylic acids is 1. The molecule has 2 aromatic heterocycles. The monoisotopic (exact) mass is 600 g/mol. The number of ether oxygens (including phenoxy) is 1. The zero-order valence-corrected chi connectivity index (χ0v) is 22.8. The maximum absolute atomic E-state index is 15.0. The smallest absolute Gasteiger partial charge is 0.293 e. The average Bonchev–Trinajstić information content (AvgIpc) is 3.61. The number of benzene rings is 2. The predicted octanol–water partition coefficient (Wildman–Crippen LogP) is 6.87. The lowest BCUT2D eigenvalue weighted by atomic mass is 9.95. The summed E-state index contributed by atoms with van der Waals surface area (Å²) in [7, 11) is 0. The first-order valence-corrected chi connectivity index (χ1v) is 13.8. The van der Waals surface area contributed by atoms with E-state index in [1.165, 1.54) is 6.20 Å². The molecule has 0 saturated heterocycles. The highest BCUT2D eigenvalue weighted by Gasteiger charge is 2.67. The van der Waals surface area contributed by atoms with Gasteiger partial charge in [-0.1, -0.05) is 18.2 Å². The molecule has 2 heterocycles. The van der Waals surface area contributed by atoms with E-state index < -0.39 is 65.7 Å². The summed E-state index contributed by atoms with van der Waals surface area (Å²) in [4.78, 5) is 17.8. The van der Waals surface area contributed by atoms with Gasteiger partial charge in [-0.3, -0.25) is 14.5 Å². The molecule has 0 radical (unpaired) electrons. The summed E-state index contributed by atoms with van der Waals surface area (Å²) < 4.78 is 91.9. The van der Waals surface area contributed by atoms with E-state index in [1.54, 1.807) is 36.4 Å². The summed E-state index contributed by atoms with van der Waals surface area (Å²) >= 11 is 0. The fraction of sp³-hybridized carbons (Fsp3) is 0.323. The largest absolute Gasteiger partial charge is 0.494 e. The summed E-state index contributed by atoms with van der Waals surface area (Å²) in [6.45, 7) is 1.57. The van der Waals surface area contributed by atoms with Crippen molar-refractivity contribution in [2.75, 3.05) is 6.61 Å². The molecule has 224 valence electrons. The quantitative estimate of drug-likeness (QED) is 0.202. The molecule has 6 nitrogen and oxygen atoms in total. The van der Waals surface area contributed by atoms with Crippen LogP contribution in [0.1, 0.15) is 59.9 Å². The number of nitrogens with zero attached hydrogens (tertiary/aromatic N) is 3. The van der Waals surface area contributed by atoms with Crippen LogP contribution in [0.3, 0.4) is 0 Å². The third-order valence-electron chi connectivity index (χ3n) is 7.80. The van der Waals surface area contributed by atoms with Crippen LogP contribution in [-0.2, 0) is 23.7 Å². The number of aromatic nitrogens is 3. The first-order valence-electron chi connectivity index (χ1n) is 13.8. The number of halogens is 6. The van der Waals surface area contributed by atoms with Crippen molar-refractivity contribution in [1.29, 1.82) is 0 Å². The average molecular weight is 601 g/mol. The fourth-order valence-corrected chi connectivity index (χ4v) is 5.97. The van der Waals surface area contributed by atoms with E-state index in [1.807, 2.05) is 6.92 Å². The SMILES string of the molecule is CCOc1ccc(-c2cccnc2[C@H](Cc2cc(F)cc(F)c2)NC(=O)Cn2nc(C(F)F)c3c2C(F)(F)C2CC32)cc1. The second-order valence-electron chi connectivity index (χ2n) is 10.7. The van der Waals surface area contributed by atoms with Gasteiger partial charge in [0.2, 0.25) is 5.91 Å². The van der Waals surface area contributed by atoms with E-state index >= 15 is 8.78 Å². The fourth-order valence-electron chi connectivity index (χ4n) is 5.97. The van der Waals surface area contributed by atoms with Gasteiger partial charge in [-0.15, -0.1) is 0 Å². The van der Waals surface area contributed by atoms with Gasteiger partial charge in [0, 0.05) is 29.3 Å². The number of carbonyl (C=O) groups is 1. The molecule has 0 bridgehead atoms. The van der Waals surface area contributed by atoms with Crippen molar-refractivity contribution in [3.63, 3.8) is 0 Å². The van der Waals surface area contributed by atoms with E-state index in [4.69, 9.17) is 4.74 Å². The van der Waals surface area contributed by atoms with Crippen LogP contribution in [0, 0.1) is 17.6 Å². The van der Waals surface area contributed by atoms with Gasteiger partial charge in [0.05, 0.1) is 18.3 Å². The Bertz CT molecular complexity index is 1650. The van der Waals surface area contributed by atoms with Crippen LogP contribution in [0.4, 0.5) is 26.3 Å². The highest BCUT2D eigenvalue weighted by atomic mass is 19.3. The van der Waals surface area contributed by atoms with Crippen LogP contribution in [0.15, 0.2) is 60.8 Å². The van der Waals surface area contributed by atoms with E-state index in [2.05, 4.69) is 15.4 Å². The van der Waals surface area contributed by atoms with Crippen molar-refractivity contribution in [2.45, 2.75) is 50.6 Å². The topological polar surface area (TPSA) is 69.0 Å². The molecular formula is C31H26F6N4O2. The van der Waals surface area contributed by atoms with Crippen molar-refractivity contribution in [3.05, 3.63) is 101 Å². The van der Waals surface area contributed by atoms with Crippen LogP contribution < -0.4 is 10.1 Å². The standard InChI is InChI=1S/C31H26F6N4O2/c1-2-43-20-7-5-17(6-8-20)21-4-3-9-38-27(21)24(12-16-10-18(32)13-19(33)11-16)39-25(42)15-41-29-26(28(40-41)30(34)35)22-14-23(22)31(29,36)37/h3-11,13,22-24,30H,2,12,14-15H2,1H3,(H,39,42)/t22?,23?,24-/m0/s1. The Morgan fingerprint density at radius 2 is 1.81 bits per heavy atom. The third-order valence-corrected chi connectivity index (χ3v) is 7.80. The molecule has 2 unspecified atom stereocenters. The molecule has 1 saturated carbocycles.